The van der Waals surface area contributed by atoms with Gasteiger partial charge in [0.25, 0.3) is 0 Å². The smallest absolute Gasteiger partial charge is 0.247 e. The molecule has 0 saturated carbocycles. The number of anilines is 2. The molecule has 106 valence electrons. The van der Waals surface area contributed by atoms with Crippen LogP contribution in [-0.2, 0) is 4.79 Å². The third-order valence-electron chi connectivity index (χ3n) is 3.35. The number of carbonyl (C=O) groups excluding carboxylic acids is 1. The number of hydrogen-bond donors (Lipinski definition) is 2. The van der Waals surface area contributed by atoms with Gasteiger partial charge in [-0.2, -0.15) is 0 Å². The number of carbonyl (C=O) groups is 1. The fraction of sp³-hybridized carbons (Fsp3) is 0.286. The van der Waals surface area contributed by atoms with Crippen molar-refractivity contribution in [2.75, 3.05) is 11.1 Å². The molecule has 5 nitrogen and oxygen atoms in total. The number of amides is 1. The van der Waals surface area contributed by atoms with Crippen LogP contribution in [0.3, 0.4) is 0 Å². The van der Waals surface area contributed by atoms with Crippen molar-refractivity contribution < 1.29 is 4.79 Å². The van der Waals surface area contributed by atoms with Crippen LogP contribution in [0.2, 0.25) is 5.02 Å². The number of hydrogen-bond acceptors (Lipinski definition) is 3. The second-order valence-electron chi connectivity index (χ2n) is 4.72. The Morgan fingerprint density at radius 1 is 1.45 bits per heavy atom. The van der Waals surface area contributed by atoms with Crippen LogP contribution in [0.5, 0.6) is 0 Å². The molecule has 1 amide bonds. The highest BCUT2D eigenvalue weighted by Gasteiger charge is 2.18. The topological polar surface area (TPSA) is 72.9 Å². The predicted octanol–water partition coefficient (Wildman–Crippen LogP) is 2.94. The molecule has 3 N–H and O–H groups in total. The summed E-state index contributed by atoms with van der Waals surface area (Å²) in [4.78, 5) is 16.5. The molecule has 0 aliphatic rings. The van der Waals surface area contributed by atoms with Crippen LogP contribution in [0.1, 0.15) is 24.4 Å². The molecule has 2 rings (SSSR count). The number of benzene rings is 1. The first kappa shape index (κ1) is 14.4. The van der Waals surface area contributed by atoms with Gasteiger partial charge in [-0.05, 0) is 39.0 Å². The first-order valence-corrected chi connectivity index (χ1v) is 6.64. The number of nitrogen functional groups attached to an aromatic ring is 1. The maximum absolute atomic E-state index is 12.3. The minimum absolute atomic E-state index is 0.153. The molecular formula is C14H17ClN4O. The van der Waals surface area contributed by atoms with Crippen molar-refractivity contribution in [2.24, 2.45) is 0 Å². The summed E-state index contributed by atoms with van der Waals surface area (Å²) in [7, 11) is 0. The van der Waals surface area contributed by atoms with E-state index < -0.39 is 0 Å². The number of nitrogens with two attached hydrogens (primary N) is 1. The van der Waals surface area contributed by atoms with Crippen molar-refractivity contribution in [3.05, 3.63) is 40.9 Å². The monoisotopic (exact) mass is 292 g/mol. The maximum atomic E-state index is 12.3. The van der Waals surface area contributed by atoms with E-state index in [1.165, 1.54) is 0 Å². The van der Waals surface area contributed by atoms with Gasteiger partial charge < -0.3 is 15.6 Å². The highest BCUT2D eigenvalue weighted by Crippen LogP contribution is 2.24. The summed E-state index contributed by atoms with van der Waals surface area (Å²) >= 11 is 5.83. The van der Waals surface area contributed by atoms with E-state index in [-0.39, 0.29) is 11.9 Å². The lowest BCUT2D eigenvalue weighted by Gasteiger charge is -2.16. The molecule has 1 heterocycles. The largest absolute Gasteiger partial charge is 0.397 e. The van der Waals surface area contributed by atoms with Crippen LogP contribution in [0, 0.1) is 13.8 Å². The van der Waals surface area contributed by atoms with Crippen LogP contribution < -0.4 is 11.1 Å². The van der Waals surface area contributed by atoms with E-state index in [4.69, 9.17) is 17.3 Å². The van der Waals surface area contributed by atoms with E-state index in [9.17, 15) is 4.79 Å². The van der Waals surface area contributed by atoms with Crippen LogP contribution in [0.15, 0.2) is 24.5 Å². The van der Waals surface area contributed by atoms with Gasteiger partial charge in [0.2, 0.25) is 5.91 Å². The Bertz CT molecular complexity index is 651. The molecule has 20 heavy (non-hydrogen) atoms. The Labute approximate surface area is 122 Å². The molecule has 0 spiro atoms. The minimum Gasteiger partial charge on any atom is -0.397 e. The van der Waals surface area contributed by atoms with E-state index in [1.54, 1.807) is 24.5 Å². The number of nitrogens with zero attached hydrogens (tertiary/aromatic N) is 2. The molecule has 2 aromatic rings. The van der Waals surface area contributed by atoms with Crippen LogP contribution in [0.25, 0.3) is 0 Å². The SMILES string of the molecule is Cc1ncn(C(C)C(=O)Nc2ccc(Cl)cc2N)c1C. The summed E-state index contributed by atoms with van der Waals surface area (Å²) in [6, 6.07) is 4.61. The molecule has 1 aromatic heterocycles. The molecule has 1 aromatic carbocycles. The first-order valence-electron chi connectivity index (χ1n) is 6.26. The predicted molar refractivity (Wildman–Crippen MR) is 80.9 cm³/mol. The van der Waals surface area contributed by atoms with Crippen molar-refractivity contribution in [2.45, 2.75) is 26.8 Å². The van der Waals surface area contributed by atoms with Gasteiger partial charge in [0.1, 0.15) is 6.04 Å². The quantitative estimate of drug-likeness (QED) is 0.854. The van der Waals surface area contributed by atoms with Gasteiger partial charge in [-0.1, -0.05) is 11.6 Å². The van der Waals surface area contributed by atoms with Gasteiger partial charge in [0, 0.05) is 10.7 Å². The molecule has 1 unspecified atom stereocenters. The zero-order valence-corrected chi connectivity index (χ0v) is 12.4. The van der Waals surface area contributed by atoms with Gasteiger partial charge >= 0.3 is 0 Å². The fourth-order valence-electron chi connectivity index (χ4n) is 1.92. The van der Waals surface area contributed by atoms with E-state index >= 15 is 0 Å². The molecule has 0 aliphatic heterocycles. The Morgan fingerprint density at radius 3 is 2.70 bits per heavy atom. The number of rotatable bonds is 3. The number of aryl methyl sites for hydroxylation is 1. The summed E-state index contributed by atoms with van der Waals surface area (Å²) in [6.45, 7) is 5.66. The third-order valence-corrected chi connectivity index (χ3v) is 3.59. The van der Waals surface area contributed by atoms with Crippen molar-refractivity contribution in [1.29, 1.82) is 0 Å². The van der Waals surface area contributed by atoms with Gasteiger partial charge in [0.15, 0.2) is 0 Å². The van der Waals surface area contributed by atoms with Crippen molar-refractivity contribution in [3.8, 4) is 0 Å². The van der Waals surface area contributed by atoms with E-state index in [0.29, 0.717) is 16.4 Å². The molecule has 0 saturated heterocycles. The number of imidazole rings is 1. The molecule has 1 atom stereocenters. The van der Waals surface area contributed by atoms with Crippen LogP contribution in [0.4, 0.5) is 11.4 Å². The number of nitrogens with one attached hydrogen (secondary N) is 1. The molecule has 6 heteroatoms. The summed E-state index contributed by atoms with van der Waals surface area (Å²) in [6.07, 6.45) is 1.67. The second kappa shape index (κ2) is 5.54. The standard InChI is InChI=1S/C14H17ClN4O/c1-8-9(2)19(7-17-8)10(3)14(20)18-13-5-4-11(15)6-12(13)16/h4-7,10H,16H2,1-3H3,(H,18,20). The molecule has 0 aliphatic carbocycles. The average molecular weight is 293 g/mol. The Balaban J connectivity index is 2.17. The second-order valence-corrected chi connectivity index (χ2v) is 5.16. The highest BCUT2D eigenvalue weighted by atomic mass is 35.5. The zero-order chi connectivity index (χ0) is 14.9. The molecular weight excluding hydrogens is 276 g/mol. The van der Waals surface area contributed by atoms with Crippen LogP contribution in [-0.4, -0.2) is 15.5 Å². The maximum Gasteiger partial charge on any atom is 0.247 e. The van der Waals surface area contributed by atoms with Crippen molar-refractivity contribution in [1.82, 2.24) is 9.55 Å². The molecule has 0 fully saturated rings. The van der Waals surface area contributed by atoms with Gasteiger partial charge in [-0.3, -0.25) is 4.79 Å². The Hall–Kier alpha value is -2.01. The van der Waals surface area contributed by atoms with E-state index in [1.807, 2.05) is 25.3 Å². The highest BCUT2D eigenvalue weighted by molar-refractivity contribution is 6.31. The van der Waals surface area contributed by atoms with Gasteiger partial charge in [0.05, 0.1) is 23.4 Å². The van der Waals surface area contributed by atoms with Gasteiger partial charge in [-0.15, -0.1) is 0 Å². The lowest BCUT2D eigenvalue weighted by molar-refractivity contribution is -0.118. The third kappa shape index (κ3) is 2.77. The zero-order valence-electron chi connectivity index (χ0n) is 11.6. The lowest BCUT2D eigenvalue weighted by Crippen LogP contribution is -2.24. The minimum atomic E-state index is -0.369. The number of aromatic nitrogens is 2. The van der Waals surface area contributed by atoms with Gasteiger partial charge in [-0.25, -0.2) is 4.98 Å². The van der Waals surface area contributed by atoms with Crippen molar-refractivity contribution in [3.63, 3.8) is 0 Å². The molecule has 0 radical (unpaired) electrons. The molecule has 0 bridgehead atoms. The van der Waals surface area contributed by atoms with E-state index in [2.05, 4.69) is 10.3 Å². The summed E-state index contributed by atoms with van der Waals surface area (Å²) in [5.41, 5.74) is 8.70. The lowest BCUT2D eigenvalue weighted by atomic mass is 10.2. The fourth-order valence-corrected chi connectivity index (χ4v) is 2.10. The summed E-state index contributed by atoms with van der Waals surface area (Å²) in [5.74, 6) is -0.153. The first-order chi connectivity index (χ1) is 9.40. The number of halogens is 1. The Kier molecular flexibility index (Phi) is 3.99. The summed E-state index contributed by atoms with van der Waals surface area (Å²) < 4.78 is 1.83. The summed E-state index contributed by atoms with van der Waals surface area (Å²) in [5, 5.41) is 3.34. The average Bonchev–Trinajstić information content (AvgIpc) is 2.72. The normalized spacial score (nSPS) is 12.2. The van der Waals surface area contributed by atoms with E-state index in [0.717, 1.165) is 11.4 Å². The van der Waals surface area contributed by atoms with Crippen LogP contribution >= 0.6 is 11.6 Å². The Morgan fingerprint density at radius 2 is 2.15 bits per heavy atom. The van der Waals surface area contributed by atoms with Crippen molar-refractivity contribution >= 4 is 28.9 Å².